The maximum Gasteiger partial charge on any atom is 0.0517 e. The molecule has 2 heterocycles. The van der Waals surface area contributed by atoms with Crippen LogP contribution in [-0.4, -0.2) is 10.5 Å². The second kappa shape index (κ2) is 7.32. The molecule has 5 aromatic carbocycles. The van der Waals surface area contributed by atoms with Gasteiger partial charge in [-0.25, -0.2) is 0 Å². The fourth-order valence-corrected chi connectivity index (χ4v) is 7.79. The Morgan fingerprint density at radius 2 is 1.41 bits per heavy atom. The zero-order valence-electron chi connectivity index (χ0n) is 21.5. The van der Waals surface area contributed by atoms with E-state index in [4.69, 9.17) is 0 Å². The summed E-state index contributed by atoms with van der Waals surface area (Å²) in [6.07, 6.45) is 8.85. The fraction of sp³-hybridized carbons (Fsp3) is 0.229. The van der Waals surface area contributed by atoms with Crippen LogP contribution >= 0.6 is 0 Å². The van der Waals surface area contributed by atoms with Gasteiger partial charge >= 0.3 is 0 Å². The van der Waals surface area contributed by atoms with Crippen molar-refractivity contribution in [1.82, 2.24) is 4.98 Å². The summed E-state index contributed by atoms with van der Waals surface area (Å²) < 4.78 is 0. The summed E-state index contributed by atoms with van der Waals surface area (Å²) in [4.78, 5) is 6.93. The van der Waals surface area contributed by atoms with Crippen molar-refractivity contribution in [1.29, 1.82) is 0 Å². The number of hydrogen-bond acceptors (Lipinski definition) is 2. The Kier molecular flexibility index (Phi) is 4.20. The summed E-state index contributed by atoms with van der Waals surface area (Å²) >= 11 is 0. The average molecular weight is 479 g/mol. The highest BCUT2D eigenvalue weighted by molar-refractivity contribution is 6.25. The minimum Gasteiger partial charge on any atom is -0.334 e. The van der Waals surface area contributed by atoms with E-state index in [2.05, 4.69) is 109 Å². The van der Waals surface area contributed by atoms with Gasteiger partial charge in [-0.05, 0) is 93.0 Å². The number of fused-ring (bicyclic) bond motifs is 3. The lowest BCUT2D eigenvalue weighted by Crippen LogP contribution is -2.54. The van der Waals surface area contributed by atoms with Crippen LogP contribution in [0.4, 0.5) is 11.4 Å². The van der Waals surface area contributed by atoms with Crippen LogP contribution in [0.2, 0.25) is 0 Å². The summed E-state index contributed by atoms with van der Waals surface area (Å²) in [5.74, 6) is 0. The number of rotatable bonds is 2. The van der Waals surface area contributed by atoms with E-state index in [0.717, 1.165) is 0 Å². The highest BCUT2D eigenvalue weighted by Gasteiger charge is 2.57. The molecule has 2 atom stereocenters. The first-order valence-electron chi connectivity index (χ1n) is 13.6. The SMILES string of the molecule is CC12CCCCC1(C)N(c1ccncc1)c1ccc(-c3ccc4ccc5cccc6ccc3c4c56)cc12. The number of nitrogens with zero attached hydrogens (tertiary/aromatic N) is 2. The molecular weight excluding hydrogens is 448 g/mol. The van der Waals surface area contributed by atoms with Crippen molar-refractivity contribution in [3.05, 3.63) is 103 Å². The van der Waals surface area contributed by atoms with Gasteiger partial charge in [0.2, 0.25) is 0 Å². The Bertz CT molecular complexity index is 1810. The molecule has 2 unspecified atom stereocenters. The minimum atomic E-state index is 0.0518. The van der Waals surface area contributed by atoms with Crippen molar-refractivity contribution in [3.8, 4) is 11.1 Å². The molecule has 0 bridgehead atoms. The van der Waals surface area contributed by atoms with E-state index < -0.39 is 0 Å². The highest BCUT2D eigenvalue weighted by Crippen LogP contribution is 2.61. The third-order valence-corrected chi connectivity index (χ3v) is 9.87. The van der Waals surface area contributed by atoms with Crippen LogP contribution in [0, 0.1) is 0 Å². The minimum absolute atomic E-state index is 0.0518. The first-order valence-corrected chi connectivity index (χ1v) is 13.6. The van der Waals surface area contributed by atoms with E-state index in [1.807, 2.05) is 12.4 Å². The van der Waals surface area contributed by atoms with E-state index in [9.17, 15) is 0 Å². The lowest BCUT2D eigenvalue weighted by Gasteiger charge is -2.50. The van der Waals surface area contributed by atoms with E-state index in [1.165, 1.54) is 86.1 Å². The molecule has 37 heavy (non-hydrogen) atoms. The standard InChI is InChI=1S/C35H30N2/c1-34-18-3-4-19-35(34,2)37(27-16-20-36-21-17-27)31-15-12-26(22-30(31)34)28-13-10-25-9-8-23-6-5-7-24-11-14-29(28)33(25)32(23)24/h5-17,20-22H,3-4,18-19H2,1-2H3. The monoisotopic (exact) mass is 478 g/mol. The first kappa shape index (κ1) is 21.2. The van der Waals surface area contributed by atoms with E-state index >= 15 is 0 Å². The van der Waals surface area contributed by atoms with E-state index in [-0.39, 0.29) is 11.0 Å². The third-order valence-electron chi connectivity index (χ3n) is 9.87. The second-order valence-corrected chi connectivity index (χ2v) is 11.6. The quantitative estimate of drug-likeness (QED) is 0.230. The van der Waals surface area contributed by atoms with Crippen molar-refractivity contribution in [2.24, 2.45) is 0 Å². The van der Waals surface area contributed by atoms with Crippen molar-refractivity contribution < 1.29 is 0 Å². The molecular formula is C35H30N2. The smallest absolute Gasteiger partial charge is 0.0517 e. The van der Waals surface area contributed by atoms with Gasteiger partial charge in [0.05, 0.1) is 5.54 Å². The van der Waals surface area contributed by atoms with Gasteiger partial charge in [-0.1, -0.05) is 80.4 Å². The number of hydrogen-bond donors (Lipinski definition) is 0. The van der Waals surface area contributed by atoms with Gasteiger partial charge in [0, 0.05) is 29.2 Å². The molecule has 180 valence electrons. The van der Waals surface area contributed by atoms with E-state index in [0.29, 0.717) is 0 Å². The van der Waals surface area contributed by atoms with Gasteiger partial charge in [0.15, 0.2) is 0 Å². The molecule has 0 radical (unpaired) electrons. The lowest BCUT2D eigenvalue weighted by molar-refractivity contribution is 0.195. The first-order chi connectivity index (χ1) is 18.1. The Hall–Kier alpha value is -3.91. The normalized spacial score (nSPS) is 23.1. The zero-order valence-corrected chi connectivity index (χ0v) is 21.5. The maximum absolute atomic E-state index is 4.31. The van der Waals surface area contributed by atoms with Crippen molar-refractivity contribution >= 4 is 43.7 Å². The van der Waals surface area contributed by atoms with Crippen LogP contribution < -0.4 is 4.90 Å². The number of anilines is 2. The Balaban J connectivity index is 1.38. The molecule has 2 aliphatic rings. The number of aromatic nitrogens is 1. The van der Waals surface area contributed by atoms with Gasteiger partial charge in [0.1, 0.15) is 0 Å². The summed E-state index contributed by atoms with van der Waals surface area (Å²) in [6.45, 7) is 5.00. The molecule has 1 aliphatic heterocycles. The number of pyridine rings is 1. The van der Waals surface area contributed by atoms with Crippen LogP contribution in [0.1, 0.15) is 45.1 Å². The van der Waals surface area contributed by atoms with Crippen molar-refractivity contribution in [3.63, 3.8) is 0 Å². The molecule has 2 nitrogen and oxygen atoms in total. The summed E-state index contributed by atoms with van der Waals surface area (Å²) in [6, 6.07) is 32.1. The molecule has 0 amide bonds. The Morgan fingerprint density at radius 3 is 2.22 bits per heavy atom. The molecule has 1 saturated carbocycles. The Morgan fingerprint density at radius 1 is 0.703 bits per heavy atom. The summed E-state index contributed by atoms with van der Waals surface area (Å²) in [5, 5.41) is 8.08. The van der Waals surface area contributed by atoms with Gasteiger partial charge in [-0.15, -0.1) is 0 Å². The van der Waals surface area contributed by atoms with Crippen LogP contribution in [0.25, 0.3) is 43.4 Å². The molecule has 0 N–H and O–H groups in total. The topological polar surface area (TPSA) is 16.1 Å². The van der Waals surface area contributed by atoms with Crippen molar-refractivity contribution in [2.75, 3.05) is 4.90 Å². The van der Waals surface area contributed by atoms with Crippen molar-refractivity contribution in [2.45, 2.75) is 50.5 Å². The summed E-state index contributed by atoms with van der Waals surface area (Å²) in [5.41, 5.74) is 6.91. The molecule has 6 aromatic rings. The van der Waals surface area contributed by atoms with Gasteiger partial charge in [-0.2, -0.15) is 0 Å². The van der Waals surface area contributed by atoms with Crippen LogP contribution in [-0.2, 0) is 5.41 Å². The summed E-state index contributed by atoms with van der Waals surface area (Å²) in [7, 11) is 0. The predicted molar refractivity (Wildman–Crippen MR) is 156 cm³/mol. The van der Waals surface area contributed by atoms with Crippen LogP contribution in [0.15, 0.2) is 97.3 Å². The molecule has 8 rings (SSSR count). The molecule has 0 saturated heterocycles. The van der Waals surface area contributed by atoms with Gasteiger partial charge < -0.3 is 4.90 Å². The van der Waals surface area contributed by atoms with Gasteiger partial charge in [0.25, 0.3) is 0 Å². The molecule has 1 aliphatic carbocycles. The highest BCUT2D eigenvalue weighted by atomic mass is 15.3. The largest absolute Gasteiger partial charge is 0.334 e. The number of benzene rings is 5. The zero-order chi connectivity index (χ0) is 24.8. The van der Waals surface area contributed by atoms with Gasteiger partial charge in [-0.3, -0.25) is 4.98 Å². The molecule has 2 heteroatoms. The fourth-order valence-electron chi connectivity index (χ4n) is 7.79. The third kappa shape index (κ3) is 2.68. The van der Waals surface area contributed by atoms with E-state index in [1.54, 1.807) is 0 Å². The predicted octanol–water partition coefficient (Wildman–Crippen LogP) is 9.39. The lowest BCUT2D eigenvalue weighted by atomic mass is 9.61. The maximum atomic E-state index is 4.31. The Labute approximate surface area is 217 Å². The molecule has 1 fully saturated rings. The van der Waals surface area contributed by atoms with Crippen LogP contribution in [0.5, 0.6) is 0 Å². The van der Waals surface area contributed by atoms with Crippen LogP contribution in [0.3, 0.4) is 0 Å². The second-order valence-electron chi connectivity index (χ2n) is 11.6. The average Bonchev–Trinajstić information content (AvgIpc) is 3.15. The molecule has 1 aromatic heterocycles. The molecule has 0 spiro atoms.